The Hall–Kier alpha value is -4.76. The third kappa shape index (κ3) is 6.58. The van der Waals surface area contributed by atoms with Crippen LogP contribution in [0.2, 0.25) is 0 Å². The topological polar surface area (TPSA) is 89.9 Å². The van der Waals surface area contributed by atoms with Crippen LogP contribution in [0.5, 0.6) is 11.5 Å². The highest BCUT2D eigenvalue weighted by atomic mass is 32.2. The van der Waals surface area contributed by atoms with Crippen LogP contribution in [-0.4, -0.2) is 39.7 Å². The molecule has 1 N–H and O–H groups in total. The van der Waals surface area contributed by atoms with Crippen molar-refractivity contribution < 1.29 is 23.9 Å². The highest BCUT2D eigenvalue weighted by Crippen LogP contribution is 2.34. The van der Waals surface area contributed by atoms with Crippen LogP contribution in [0.3, 0.4) is 0 Å². The molecule has 0 unspecified atom stereocenters. The van der Waals surface area contributed by atoms with E-state index in [-0.39, 0.29) is 11.4 Å². The Morgan fingerprint density at radius 1 is 0.905 bits per heavy atom. The number of hydrogen-bond donors (Lipinski definition) is 1. The molecule has 9 heteroatoms. The highest BCUT2D eigenvalue weighted by Gasteiger charge is 2.36. The molecule has 0 radical (unpaired) electrons. The zero-order chi connectivity index (χ0) is 29.6. The molecule has 0 aliphatic carbocycles. The fraction of sp³-hybridized carbons (Fsp3) is 0.182. The zero-order valence-electron chi connectivity index (χ0n) is 23.6. The van der Waals surface area contributed by atoms with Gasteiger partial charge in [-0.05, 0) is 104 Å². The second kappa shape index (κ2) is 12.8. The lowest BCUT2D eigenvalue weighted by Crippen LogP contribution is -2.36. The molecule has 3 aromatic carbocycles. The zero-order valence-corrected chi connectivity index (χ0v) is 24.4. The number of aromatic nitrogens is 1. The van der Waals surface area contributed by atoms with Crippen molar-refractivity contribution in [2.24, 2.45) is 0 Å². The van der Waals surface area contributed by atoms with Crippen molar-refractivity contribution in [2.45, 2.75) is 27.4 Å². The molecule has 0 saturated carbocycles. The second-order valence-electron chi connectivity index (χ2n) is 9.70. The first-order valence-electron chi connectivity index (χ1n) is 13.6. The monoisotopic (exact) mass is 581 g/mol. The third-order valence-electron chi connectivity index (χ3n) is 6.72. The number of benzene rings is 3. The number of nitrogens with one attached hydrogen (secondary N) is 1. The molecule has 1 aliphatic rings. The highest BCUT2D eigenvalue weighted by molar-refractivity contribution is 8.18. The first kappa shape index (κ1) is 28.8. The van der Waals surface area contributed by atoms with Gasteiger partial charge in [0.25, 0.3) is 11.1 Å². The Morgan fingerprint density at radius 2 is 1.57 bits per heavy atom. The maximum atomic E-state index is 13.1. The number of ether oxygens (including phenoxy) is 2. The van der Waals surface area contributed by atoms with Gasteiger partial charge in [-0.1, -0.05) is 30.3 Å². The summed E-state index contributed by atoms with van der Waals surface area (Å²) in [6.07, 6.45) is 1.71. The lowest BCUT2D eigenvalue weighted by molar-refractivity contribution is -0.127. The van der Waals surface area contributed by atoms with E-state index in [1.165, 1.54) is 0 Å². The standard InChI is InChI=1S/C33H31N3O5S/c1-4-40-28-14-10-26(11-15-28)34-31(37)20-35-32(38)30(42-33(35)39)19-25-18-22(2)36(23(25)3)27-12-16-29(17-13-27)41-21-24-8-6-5-7-9-24/h5-19H,4,20-21H2,1-3H3,(H,34,37)/b30-19+. The summed E-state index contributed by atoms with van der Waals surface area (Å²) in [5.74, 6) is 0.509. The van der Waals surface area contributed by atoms with Crippen LogP contribution in [0.15, 0.2) is 89.8 Å². The van der Waals surface area contributed by atoms with E-state index in [1.54, 1.807) is 30.3 Å². The maximum Gasteiger partial charge on any atom is 0.294 e. The Morgan fingerprint density at radius 3 is 2.26 bits per heavy atom. The maximum absolute atomic E-state index is 13.1. The Kier molecular flexibility index (Phi) is 8.78. The minimum atomic E-state index is -0.489. The number of carbonyl (C=O) groups excluding carboxylic acids is 3. The van der Waals surface area contributed by atoms with E-state index in [0.717, 1.165) is 50.6 Å². The van der Waals surface area contributed by atoms with E-state index in [4.69, 9.17) is 9.47 Å². The van der Waals surface area contributed by atoms with Gasteiger partial charge in [-0.15, -0.1) is 0 Å². The summed E-state index contributed by atoms with van der Waals surface area (Å²) in [6, 6.07) is 26.7. The van der Waals surface area contributed by atoms with Crippen molar-refractivity contribution in [1.29, 1.82) is 0 Å². The molecule has 3 amide bonds. The summed E-state index contributed by atoms with van der Waals surface area (Å²) in [7, 11) is 0. The average molecular weight is 582 g/mol. The molecule has 214 valence electrons. The predicted octanol–water partition coefficient (Wildman–Crippen LogP) is 6.75. The van der Waals surface area contributed by atoms with Gasteiger partial charge in [0.1, 0.15) is 24.7 Å². The largest absolute Gasteiger partial charge is 0.494 e. The molecule has 1 aromatic heterocycles. The van der Waals surface area contributed by atoms with Crippen molar-refractivity contribution in [3.05, 3.63) is 112 Å². The van der Waals surface area contributed by atoms with Crippen LogP contribution >= 0.6 is 11.8 Å². The van der Waals surface area contributed by atoms with Crippen LogP contribution in [0.1, 0.15) is 29.4 Å². The first-order chi connectivity index (χ1) is 20.3. The Bertz CT molecular complexity index is 1630. The SMILES string of the molecule is CCOc1ccc(NC(=O)CN2C(=O)S/C(=C/c3cc(C)n(-c4ccc(OCc5ccccc5)cc4)c3C)C2=O)cc1. The van der Waals surface area contributed by atoms with E-state index < -0.39 is 17.1 Å². The molecule has 1 fully saturated rings. The van der Waals surface area contributed by atoms with Crippen molar-refractivity contribution >= 4 is 40.6 Å². The van der Waals surface area contributed by atoms with E-state index in [9.17, 15) is 14.4 Å². The number of hydrogen-bond acceptors (Lipinski definition) is 6. The predicted molar refractivity (Wildman–Crippen MR) is 165 cm³/mol. The molecule has 1 saturated heterocycles. The smallest absolute Gasteiger partial charge is 0.294 e. The van der Waals surface area contributed by atoms with Gasteiger partial charge in [0.2, 0.25) is 5.91 Å². The number of imide groups is 1. The van der Waals surface area contributed by atoms with Crippen LogP contribution in [-0.2, 0) is 16.2 Å². The molecule has 1 aliphatic heterocycles. The van der Waals surface area contributed by atoms with E-state index in [0.29, 0.717) is 24.7 Å². The van der Waals surface area contributed by atoms with Gasteiger partial charge in [-0.25, -0.2) is 0 Å². The summed E-state index contributed by atoms with van der Waals surface area (Å²) in [5, 5.41) is 2.24. The van der Waals surface area contributed by atoms with E-state index in [2.05, 4.69) is 9.88 Å². The van der Waals surface area contributed by atoms with Crippen LogP contribution in [0.4, 0.5) is 10.5 Å². The fourth-order valence-corrected chi connectivity index (χ4v) is 5.52. The summed E-state index contributed by atoms with van der Waals surface area (Å²) in [5.41, 5.74) is 5.32. The first-order valence-corrected chi connectivity index (χ1v) is 14.4. The number of thioether (sulfide) groups is 1. The second-order valence-corrected chi connectivity index (χ2v) is 10.7. The summed E-state index contributed by atoms with van der Waals surface area (Å²) >= 11 is 0.834. The van der Waals surface area contributed by atoms with Gasteiger partial charge in [0.15, 0.2) is 0 Å². The van der Waals surface area contributed by atoms with Gasteiger partial charge in [0, 0.05) is 22.8 Å². The van der Waals surface area contributed by atoms with Gasteiger partial charge >= 0.3 is 0 Å². The number of amides is 3. The van der Waals surface area contributed by atoms with E-state index in [1.807, 2.05) is 81.4 Å². The van der Waals surface area contributed by atoms with Crippen LogP contribution in [0, 0.1) is 13.8 Å². The minimum absolute atomic E-state index is 0.277. The van der Waals surface area contributed by atoms with Crippen molar-refractivity contribution in [3.63, 3.8) is 0 Å². The molecule has 42 heavy (non-hydrogen) atoms. The van der Waals surface area contributed by atoms with Crippen LogP contribution in [0.25, 0.3) is 11.8 Å². The average Bonchev–Trinajstić information content (AvgIpc) is 3.42. The van der Waals surface area contributed by atoms with Gasteiger partial charge in [-0.3, -0.25) is 19.3 Å². The number of anilines is 1. The van der Waals surface area contributed by atoms with Gasteiger partial charge < -0.3 is 19.4 Å². The van der Waals surface area contributed by atoms with Crippen LogP contribution < -0.4 is 14.8 Å². The number of nitrogens with zero attached hydrogens (tertiary/aromatic N) is 2. The molecule has 2 heterocycles. The molecule has 4 aromatic rings. The quantitative estimate of drug-likeness (QED) is 0.209. The van der Waals surface area contributed by atoms with E-state index >= 15 is 0 Å². The lowest BCUT2D eigenvalue weighted by atomic mass is 10.2. The third-order valence-corrected chi connectivity index (χ3v) is 7.63. The summed E-state index contributed by atoms with van der Waals surface area (Å²) in [6.45, 7) is 6.51. The Labute approximate surface area is 248 Å². The lowest BCUT2D eigenvalue weighted by Gasteiger charge is -2.13. The number of rotatable bonds is 10. The van der Waals surface area contributed by atoms with Crippen molar-refractivity contribution in [3.8, 4) is 17.2 Å². The number of aryl methyl sites for hydroxylation is 1. The molecule has 8 nitrogen and oxygen atoms in total. The molecular weight excluding hydrogens is 550 g/mol. The molecule has 0 spiro atoms. The van der Waals surface area contributed by atoms with Gasteiger partial charge in [-0.2, -0.15) is 0 Å². The minimum Gasteiger partial charge on any atom is -0.494 e. The summed E-state index contributed by atoms with van der Waals surface area (Å²) in [4.78, 5) is 39.6. The summed E-state index contributed by atoms with van der Waals surface area (Å²) < 4.78 is 13.4. The molecule has 0 bridgehead atoms. The number of carbonyl (C=O) groups is 3. The molecule has 0 atom stereocenters. The fourth-order valence-electron chi connectivity index (χ4n) is 4.69. The van der Waals surface area contributed by atoms with Crippen molar-refractivity contribution in [2.75, 3.05) is 18.5 Å². The van der Waals surface area contributed by atoms with Gasteiger partial charge in [0.05, 0.1) is 11.5 Å². The normalized spacial score (nSPS) is 14.0. The molecule has 5 rings (SSSR count). The molecular formula is C33H31N3O5S. The van der Waals surface area contributed by atoms with Crippen molar-refractivity contribution in [1.82, 2.24) is 9.47 Å². The Balaban J connectivity index is 1.25.